The number of sulfonamides is 1. The zero-order chi connectivity index (χ0) is 20.6. The zero-order valence-corrected chi connectivity index (χ0v) is 17.2. The predicted molar refractivity (Wildman–Crippen MR) is 109 cm³/mol. The minimum atomic E-state index is -3.79. The lowest BCUT2D eigenvalue weighted by Gasteiger charge is -2.25. The second-order valence-corrected chi connectivity index (χ2v) is 10.00. The van der Waals surface area contributed by atoms with Crippen LogP contribution in [0.5, 0.6) is 0 Å². The number of carbonyl (C=O) groups is 1. The fourth-order valence-electron chi connectivity index (χ4n) is 2.88. The Hall–Kier alpha value is -2.67. The van der Waals surface area contributed by atoms with E-state index in [1.54, 1.807) is 11.4 Å². The van der Waals surface area contributed by atoms with E-state index in [2.05, 4.69) is 10.3 Å². The highest BCUT2D eigenvalue weighted by Crippen LogP contribution is 2.31. The molecule has 0 atom stereocenters. The van der Waals surface area contributed by atoms with Gasteiger partial charge in [-0.3, -0.25) is 20.2 Å². The summed E-state index contributed by atoms with van der Waals surface area (Å²) in [5.41, 5.74) is 1.15. The third-order valence-electron chi connectivity index (χ3n) is 4.39. The van der Waals surface area contributed by atoms with Crippen LogP contribution in [-0.2, 0) is 23.0 Å². The number of thiophene rings is 1. The van der Waals surface area contributed by atoms with Crippen molar-refractivity contribution in [3.05, 3.63) is 67.3 Å². The van der Waals surface area contributed by atoms with Crippen LogP contribution in [0, 0.1) is 10.1 Å². The first-order chi connectivity index (χ1) is 13.8. The van der Waals surface area contributed by atoms with E-state index in [1.807, 2.05) is 5.38 Å². The number of hydrogen-bond acceptors (Lipinski definition) is 8. The van der Waals surface area contributed by atoms with Crippen molar-refractivity contribution in [2.24, 2.45) is 0 Å². The van der Waals surface area contributed by atoms with Gasteiger partial charge in [0.05, 0.1) is 27.6 Å². The van der Waals surface area contributed by atoms with E-state index in [-0.39, 0.29) is 29.6 Å². The third-order valence-corrected chi connectivity index (χ3v) is 7.93. The summed E-state index contributed by atoms with van der Waals surface area (Å²) in [4.78, 5) is 27.6. The molecule has 1 aliphatic rings. The molecule has 12 heteroatoms. The van der Waals surface area contributed by atoms with Gasteiger partial charge in [0.25, 0.3) is 11.6 Å². The Kier molecular flexibility index (Phi) is 5.17. The van der Waals surface area contributed by atoms with E-state index >= 15 is 0 Å². The number of nitro benzene ring substituents is 1. The lowest BCUT2D eigenvalue weighted by molar-refractivity contribution is -0.384. The van der Waals surface area contributed by atoms with Crippen LogP contribution in [0.2, 0.25) is 0 Å². The van der Waals surface area contributed by atoms with Crippen LogP contribution in [0.4, 0.5) is 10.8 Å². The number of nitrogens with zero attached hydrogens (tertiary/aromatic N) is 3. The minimum Gasteiger partial charge on any atom is -0.298 e. The van der Waals surface area contributed by atoms with Gasteiger partial charge in [0, 0.05) is 35.4 Å². The Morgan fingerprint density at radius 2 is 2.00 bits per heavy atom. The molecule has 0 bridgehead atoms. The molecule has 0 unspecified atom stereocenters. The fourth-order valence-corrected chi connectivity index (χ4v) is 6.03. The van der Waals surface area contributed by atoms with Gasteiger partial charge in [0.15, 0.2) is 5.13 Å². The number of hydrogen-bond donors (Lipinski definition) is 1. The molecular formula is C17H14N4O5S3. The molecule has 1 amide bonds. The van der Waals surface area contributed by atoms with Crippen molar-refractivity contribution in [2.75, 3.05) is 11.9 Å². The molecule has 150 valence electrons. The second-order valence-electron chi connectivity index (χ2n) is 6.19. The van der Waals surface area contributed by atoms with E-state index in [0.717, 1.165) is 10.6 Å². The predicted octanol–water partition coefficient (Wildman–Crippen LogP) is 3.11. The number of non-ortho nitro benzene ring substituents is 1. The average Bonchev–Trinajstić information content (AvgIpc) is 3.37. The molecule has 1 aromatic carbocycles. The summed E-state index contributed by atoms with van der Waals surface area (Å²) >= 11 is 2.67. The normalized spacial score (nSPS) is 14.3. The number of benzene rings is 1. The van der Waals surface area contributed by atoms with Gasteiger partial charge in [-0.1, -0.05) is 0 Å². The number of fused-ring (bicyclic) bond motifs is 1. The molecule has 0 saturated heterocycles. The van der Waals surface area contributed by atoms with Gasteiger partial charge in [0.2, 0.25) is 10.0 Å². The number of amides is 1. The van der Waals surface area contributed by atoms with Crippen LogP contribution in [0.3, 0.4) is 0 Å². The van der Waals surface area contributed by atoms with Gasteiger partial charge in [-0.2, -0.15) is 15.6 Å². The smallest absolute Gasteiger partial charge is 0.269 e. The molecule has 4 rings (SSSR count). The molecule has 29 heavy (non-hydrogen) atoms. The van der Waals surface area contributed by atoms with Crippen LogP contribution in [0.1, 0.15) is 20.9 Å². The summed E-state index contributed by atoms with van der Waals surface area (Å²) in [5.74, 6) is -0.257. The van der Waals surface area contributed by atoms with Gasteiger partial charge >= 0.3 is 0 Å². The second kappa shape index (κ2) is 7.63. The van der Waals surface area contributed by atoms with Crippen LogP contribution < -0.4 is 5.32 Å². The van der Waals surface area contributed by atoms with E-state index in [9.17, 15) is 23.3 Å². The molecule has 3 heterocycles. The molecule has 0 spiro atoms. The Bertz CT molecular complexity index is 1170. The number of anilines is 1. The number of rotatable bonds is 5. The fraction of sp³-hybridized carbons (Fsp3) is 0.176. The topological polar surface area (TPSA) is 123 Å². The SMILES string of the molecule is O=C(Nc1nc2c(s1)CN(S(=O)(=O)c1ccc([N+](=O)[O-])cc1)CC2)c1ccsc1. The van der Waals surface area contributed by atoms with Gasteiger partial charge in [-0.15, -0.1) is 11.3 Å². The number of nitro groups is 1. The van der Waals surface area contributed by atoms with E-state index in [0.29, 0.717) is 17.1 Å². The van der Waals surface area contributed by atoms with E-state index in [1.165, 1.54) is 51.2 Å². The Morgan fingerprint density at radius 3 is 2.66 bits per heavy atom. The van der Waals surface area contributed by atoms with Crippen LogP contribution in [0.15, 0.2) is 46.0 Å². The largest absolute Gasteiger partial charge is 0.298 e. The summed E-state index contributed by atoms with van der Waals surface area (Å²) in [6.45, 7) is 0.384. The van der Waals surface area contributed by atoms with Gasteiger partial charge < -0.3 is 0 Å². The zero-order valence-electron chi connectivity index (χ0n) is 14.8. The standard InChI is InChI=1S/C17H14N4O5S3/c22-16(11-6-8-27-10-11)19-17-18-14-5-7-20(9-15(14)28-17)29(25,26)13-3-1-12(2-4-13)21(23)24/h1-4,6,8,10H,5,7,9H2,(H,18,19,22). The molecule has 3 aromatic rings. The van der Waals surface area contributed by atoms with Crippen molar-refractivity contribution in [1.29, 1.82) is 0 Å². The minimum absolute atomic E-state index is 0.00190. The van der Waals surface area contributed by atoms with Crippen molar-refractivity contribution in [3.63, 3.8) is 0 Å². The lowest BCUT2D eigenvalue weighted by atomic mass is 10.2. The van der Waals surface area contributed by atoms with Gasteiger partial charge in [0.1, 0.15) is 0 Å². The van der Waals surface area contributed by atoms with Crippen LogP contribution >= 0.6 is 22.7 Å². The summed E-state index contributed by atoms with van der Waals surface area (Å²) in [6.07, 6.45) is 0.423. The number of thiazole rings is 1. The molecule has 0 radical (unpaired) electrons. The lowest BCUT2D eigenvalue weighted by Crippen LogP contribution is -2.35. The first kappa shape index (κ1) is 19.6. The highest BCUT2D eigenvalue weighted by molar-refractivity contribution is 7.89. The monoisotopic (exact) mass is 450 g/mol. The highest BCUT2D eigenvalue weighted by Gasteiger charge is 2.31. The van der Waals surface area contributed by atoms with E-state index < -0.39 is 14.9 Å². The van der Waals surface area contributed by atoms with E-state index in [4.69, 9.17) is 0 Å². The molecule has 9 nitrogen and oxygen atoms in total. The Morgan fingerprint density at radius 1 is 1.24 bits per heavy atom. The average molecular weight is 451 g/mol. The number of carbonyl (C=O) groups excluding carboxylic acids is 1. The van der Waals surface area contributed by atoms with Crippen LogP contribution in [-0.4, -0.2) is 35.1 Å². The first-order valence-electron chi connectivity index (χ1n) is 8.41. The van der Waals surface area contributed by atoms with Gasteiger partial charge in [-0.05, 0) is 23.6 Å². The summed E-state index contributed by atoms with van der Waals surface area (Å²) < 4.78 is 27.1. The van der Waals surface area contributed by atoms with Crippen molar-refractivity contribution in [1.82, 2.24) is 9.29 Å². The first-order valence-corrected chi connectivity index (χ1v) is 11.6. The maximum absolute atomic E-state index is 12.9. The molecule has 1 aliphatic heterocycles. The summed E-state index contributed by atoms with van der Waals surface area (Å²) in [6, 6.07) is 6.54. The van der Waals surface area contributed by atoms with Gasteiger partial charge in [-0.25, -0.2) is 13.4 Å². The van der Waals surface area contributed by atoms with Crippen molar-refractivity contribution >= 4 is 49.4 Å². The summed E-state index contributed by atoms with van der Waals surface area (Å²) in [5, 5.41) is 17.5. The molecular weight excluding hydrogens is 436 g/mol. The highest BCUT2D eigenvalue weighted by atomic mass is 32.2. The molecule has 2 aromatic heterocycles. The number of aromatic nitrogens is 1. The Balaban J connectivity index is 1.51. The van der Waals surface area contributed by atoms with Crippen molar-refractivity contribution in [3.8, 4) is 0 Å². The molecule has 0 saturated carbocycles. The summed E-state index contributed by atoms with van der Waals surface area (Å²) in [7, 11) is -3.79. The molecule has 0 aliphatic carbocycles. The maximum atomic E-state index is 12.9. The number of nitrogens with one attached hydrogen (secondary N) is 1. The van der Waals surface area contributed by atoms with Crippen molar-refractivity contribution in [2.45, 2.75) is 17.9 Å². The third kappa shape index (κ3) is 3.92. The quantitative estimate of drug-likeness (QED) is 0.471. The molecule has 0 fully saturated rings. The Labute approximate surface area is 173 Å². The maximum Gasteiger partial charge on any atom is 0.269 e. The molecule has 1 N–H and O–H groups in total. The van der Waals surface area contributed by atoms with Crippen molar-refractivity contribution < 1.29 is 18.1 Å². The van der Waals surface area contributed by atoms with Crippen LogP contribution in [0.25, 0.3) is 0 Å².